The van der Waals surface area contributed by atoms with Gasteiger partial charge in [0, 0.05) is 6.04 Å². The molecule has 1 aliphatic heterocycles. The lowest BCUT2D eigenvalue weighted by molar-refractivity contribution is -0.122. The molecule has 5 heteroatoms. The van der Waals surface area contributed by atoms with E-state index in [1.54, 1.807) is 24.3 Å². The van der Waals surface area contributed by atoms with E-state index < -0.39 is 0 Å². The summed E-state index contributed by atoms with van der Waals surface area (Å²) >= 11 is 0. The van der Waals surface area contributed by atoms with Gasteiger partial charge in [-0.2, -0.15) is 0 Å². The summed E-state index contributed by atoms with van der Waals surface area (Å²) in [6, 6.07) is 7.21. The maximum Gasteiger partial charge on any atom is 0.290 e. The standard InChI is InChI=1S/C12H11NO2.CH2O2/c14-11-9-6-1-2-7-10(9)12(15)13(11)8-4-3-5-8;2-1-3/h1-2,6-8H,3-5H2;1H,(H,2,3). The number of fused-ring (bicyclic) bond motifs is 1. The number of benzene rings is 1. The predicted octanol–water partition coefficient (Wildman–Crippen LogP) is 1.54. The summed E-state index contributed by atoms with van der Waals surface area (Å²) in [7, 11) is 0. The number of imide groups is 1. The first-order valence-electron chi connectivity index (χ1n) is 5.75. The smallest absolute Gasteiger partial charge is 0.290 e. The van der Waals surface area contributed by atoms with Gasteiger partial charge in [0.2, 0.25) is 0 Å². The first-order chi connectivity index (χ1) is 8.70. The Balaban J connectivity index is 0.000000367. The third kappa shape index (κ3) is 1.88. The lowest BCUT2D eigenvalue weighted by Gasteiger charge is -2.32. The molecule has 0 spiro atoms. The fourth-order valence-corrected chi connectivity index (χ4v) is 2.18. The second kappa shape index (κ2) is 5.00. The maximum atomic E-state index is 11.9. The minimum atomic E-state index is -0.250. The van der Waals surface area contributed by atoms with Crippen LogP contribution >= 0.6 is 0 Å². The van der Waals surface area contributed by atoms with Crippen molar-refractivity contribution >= 4 is 18.3 Å². The molecule has 1 aliphatic carbocycles. The number of carbonyl (C=O) groups is 3. The average Bonchev–Trinajstić information content (AvgIpc) is 2.55. The van der Waals surface area contributed by atoms with E-state index in [1.165, 1.54) is 4.90 Å². The van der Waals surface area contributed by atoms with Crippen molar-refractivity contribution < 1.29 is 19.5 Å². The molecule has 0 saturated heterocycles. The molecule has 1 heterocycles. The van der Waals surface area contributed by atoms with Crippen LogP contribution in [0.2, 0.25) is 0 Å². The lowest BCUT2D eigenvalue weighted by Crippen LogP contribution is -2.43. The summed E-state index contributed by atoms with van der Waals surface area (Å²) < 4.78 is 0. The Labute approximate surface area is 104 Å². The van der Waals surface area contributed by atoms with Crippen molar-refractivity contribution in [2.24, 2.45) is 0 Å². The number of nitrogens with zero attached hydrogens (tertiary/aromatic N) is 1. The van der Waals surface area contributed by atoms with Crippen molar-refractivity contribution in [3.63, 3.8) is 0 Å². The topological polar surface area (TPSA) is 74.7 Å². The molecule has 0 aromatic heterocycles. The monoisotopic (exact) mass is 247 g/mol. The van der Waals surface area contributed by atoms with E-state index in [4.69, 9.17) is 9.90 Å². The lowest BCUT2D eigenvalue weighted by atomic mass is 9.91. The van der Waals surface area contributed by atoms with Gasteiger partial charge in [-0.15, -0.1) is 0 Å². The Morgan fingerprint density at radius 3 is 1.89 bits per heavy atom. The highest BCUT2D eigenvalue weighted by molar-refractivity contribution is 6.21. The maximum absolute atomic E-state index is 11.9. The van der Waals surface area contributed by atoms with Gasteiger partial charge in [-0.1, -0.05) is 12.1 Å². The van der Waals surface area contributed by atoms with Gasteiger partial charge in [0.05, 0.1) is 11.1 Å². The Kier molecular flexibility index (Phi) is 3.41. The van der Waals surface area contributed by atoms with Gasteiger partial charge in [0.25, 0.3) is 18.3 Å². The molecule has 1 aromatic rings. The van der Waals surface area contributed by atoms with Gasteiger partial charge < -0.3 is 5.11 Å². The third-order valence-electron chi connectivity index (χ3n) is 3.27. The van der Waals surface area contributed by atoms with E-state index in [9.17, 15) is 9.59 Å². The molecule has 0 bridgehead atoms. The van der Waals surface area contributed by atoms with Crippen molar-refractivity contribution in [3.8, 4) is 0 Å². The molecule has 1 fully saturated rings. The van der Waals surface area contributed by atoms with Crippen LogP contribution < -0.4 is 0 Å². The molecule has 1 N–H and O–H groups in total. The summed E-state index contributed by atoms with van der Waals surface area (Å²) in [6.45, 7) is -0.250. The Morgan fingerprint density at radius 1 is 1.11 bits per heavy atom. The fourth-order valence-electron chi connectivity index (χ4n) is 2.18. The van der Waals surface area contributed by atoms with Crippen LogP contribution in [0, 0.1) is 0 Å². The highest BCUT2D eigenvalue weighted by Crippen LogP contribution is 2.32. The normalized spacial score (nSPS) is 17.7. The van der Waals surface area contributed by atoms with Gasteiger partial charge in [-0.25, -0.2) is 0 Å². The quantitative estimate of drug-likeness (QED) is 0.603. The number of carbonyl (C=O) groups excluding carboxylic acids is 2. The molecule has 1 aromatic carbocycles. The number of hydrogen-bond donors (Lipinski definition) is 1. The molecular formula is C13H13NO4. The van der Waals surface area contributed by atoms with Crippen molar-refractivity contribution in [1.82, 2.24) is 4.90 Å². The summed E-state index contributed by atoms with van der Waals surface area (Å²) in [5.41, 5.74) is 1.13. The number of carboxylic acid groups (broad SMARTS) is 1. The largest absolute Gasteiger partial charge is 0.483 e. The fraction of sp³-hybridized carbons (Fsp3) is 0.308. The third-order valence-corrected chi connectivity index (χ3v) is 3.27. The molecule has 1 saturated carbocycles. The van der Waals surface area contributed by atoms with E-state index in [1.807, 2.05) is 0 Å². The van der Waals surface area contributed by atoms with E-state index in [0.717, 1.165) is 19.3 Å². The summed E-state index contributed by atoms with van der Waals surface area (Å²) in [5, 5.41) is 6.89. The van der Waals surface area contributed by atoms with Crippen molar-refractivity contribution in [2.45, 2.75) is 25.3 Å². The zero-order chi connectivity index (χ0) is 13.1. The highest BCUT2D eigenvalue weighted by atomic mass is 16.3. The molecule has 0 unspecified atom stereocenters. The minimum absolute atomic E-state index is 0.111. The van der Waals surface area contributed by atoms with Gasteiger partial charge >= 0.3 is 0 Å². The molecule has 0 atom stereocenters. The van der Waals surface area contributed by atoms with Gasteiger partial charge in [0.1, 0.15) is 0 Å². The van der Waals surface area contributed by atoms with E-state index in [-0.39, 0.29) is 24.3 Å². The van der Waals surface area contributed by atoms with Crippen molar-refractivity contribution in [2.75, 3.05) is 0 Å². The molecule has 5 nitrogen and oxygen atoms in total. The van der Waals surface area contributed by atoms with E-state index in [0.29, 0.717) is 11.1 Å². The van der Waals surface area contributed by atoms with Crippen LogP contribution in [-0.4, -0.2) is 34.3 Å². The zero-order valence-electron chi connectivity index (χ0n) is 9.70. The summed E-state index contributed by atoms with van der Waals surface area (Å²) in [6.07, 6.45) is 3.05. The molecule has 3 rings (SSSR count). The SMILES string of the molecule is O=C1c2ccccc2C(=O)N1C1CCC1.O=CO. The van der Waals surface area contributed by atoms with Crippen molar-refractivity contribution in [1.29, 1.82) is 0 Å². The van der Waals surface area contributed by atoms with Gasteiger partial charge in [0.15, 0.2) is 0 Å². The first-order valence-corrected chi connectivity index (χ1v) is 5.75. The predicted molar refractivity (Wildman–Crippen MR) is 63.3 cm³/mol. The Morgan fingerprint density at radius 2 is 1.56 bits per heavy atom. The summed E-state index contributed by atoms with van der Waals surface area (Å²) in [5.74, 6) is -0.222. The highest BCUT2D eigenvalue weighted by Gasteiger charge is 2.41. The van der Waals surface area contributed by atoms with Crippen LogP contribution in [0.5, 0.6) is 0 Å². The van der Waals surface area contributed by atoms with Crippen LogP contribution in [0.25, 0.3) is 0 Å². The molecule has 2 amide bonds. The molecule has 94 valence electrons. The second-order valence-electron chi connectivity index (χ2n) is 4.22. The first kappa shape index (κ1) is 12.3. The van der Waals surface area contributed by atoms with Crippen molar-refractivity contribution in [3.05, 3.63) is 35.4 Å². The molecular weight excluding hydrogens is 234 g/mol. The van der Waals surface area contributed by atoms with Crippen LogP contribution in [0.3, 0.4) is 0 Å². The average molecular weight is 247 g/mol. The number of amides is 2. The van der Waals surface area contributed by atoms with Crippen LogP contribution in [0.15, 0.2) is 24.3 Å². The van der Waals surface area contributed by atoms with Crippen LogP contribution in [0.4, 0.5) is 0 Å². The van der Waals surface area contributed by atoms with Gasteiger partial charge in [-0.05, 0) is 31.4 Å². The molecule has 18 heavy (non-hydrogen) atoms. The number of hydrogen-bond acceptors (Lipinski definition) is 3. The zero-order valence-corrected chi connectivity index (χ0v) is 9.70. The van der Waals surface area contributed by atoms with Crippen LogP contribution in [-0.2, 0) is 4.79 Å². The molecule has 2 aliphatic rings. The summed E-state index contributed by atoms with van der Waals surface area (Å²) in [4.78, 5) is 33.7. The Hall–Kier alpha value is -2.17. The van der Waals surface area contributed by atoms with E-state index in [2.05, 4.69) is 0 Å². The Bertz CT molecular complexity index is 459. The van der Waals surface area contributed by atoms with E-state index >= 15 is 0 Å². The minimum Gasteiger partial charge on any atom is -0.483 e. The second-order valence-corrected chi connectivity index (χ2v) is 4.22. The van der Waals surface area contributed by atoms with Crippen LogP contribution in [0.1, 0.15) is 40.0 Å². The molecule has 0 radical (unpaired) electrons. The number of rotatable bonds is 1. The van der Waals surface area contributed by atoms with Gasteiger partial charge in [-0.3, -0.25) is 19.3 Å².